The normalized spacial score (nSPS) is 11.1. The van der Waals surface area contributed by atoms with Gasteiger partial charge in [0.1, 0.15) is 17.1 Å². The summed E-state index contributed by atoms with van der Waals surface area (Å²) in [6.07, 6.45) is 0. The fourth-order valence-electron chi connectivity index (χ4n) is 2.65. The number of carbonyl (C=O) groups is 1. The van der Waals surface area contributed by atoms with Crippen LogP contribution in [0.4, 0.5) is 0 Å². The Labute approximate surface area is 152 Å². The van der Waals surface area contributed by atoms with Crippen molar-refractivity contribution in [2.75, 3.05) is 7.05 Å². The molecular formula is C18H15N5O2S. The van der Waals surface area contributed by atoms with E-state index in [0.29, 0.717) is 17.4 Å². The molecule has 26 heavy (non-hydrogen) atoms. The van der Waals surface area contributed by atoms with Crippen LogP contribution in [0.25, 0.3) is 21.1 Å². The Balaban J connectivity index is 1.52. The highest BCUT2D eigenvalue weighted by Crippen LogP contribution is 2.22. The molecule has 130 valence electrons. The van der Waals surface area contributed by atoms with Crippen LogP contribution in [0.15, 0.2) is 53.3 Å². The van der Waals surface area contributed by atoms with Crippen LogP contribution in [0.5, 0.6) is 0 Å². The Morgan fingerprint density at radius 2 is 1.85 bits per heavy atom. The summed E-state index contributed by atoms with van der Waals surface area (Å²) in [5.41, 5.74) is 1.12. The lowest BCUT2D eigenvalue weighted by Crippen LogP contribution is -2.35. The molecule has 8 heteroatoms. The summed E-state index contributed by atoms with van der Waals surface area (Å²) in [6.45, 7) is 0.228. The van der Waals surface area contributed by atoms with Crippen molar-refractivity contribution in [2.24, 2.45) is 0 Å². The monoisotopic (exact) mass is 365 g/mol. The maximum Gasteiger partial charge on any atom is 0.278 e. The molecule has 7 nitrogen and oxygen atoms in total. The molecule has 2 aromatic heterocycles. The number of carbonyl (C=O) groups excluding carboxylic acids is 1. The van der Waals surface area contributed by atoms with E-state index >= 15 is 0 Å². The van der Waals surface area contributed by atoms with Crippen LogP contribution in [-0.4, -0.2) is 37.8 Å². The van der Waals surface area contributed by atoms with Crippen LogP contribution >= 0.6 is 11.3 Å². The number of fused-ring (bicyclic) bond motifs is 2. The minimum absolute atomic E-state index is 0.155. The molecule has 0 N–H and O–H groups in total. The van der Waals surface area contributed by atoms with Crippen molar-refractivity contribution in [2.45, 2.75) is 13.1 Å². The van der Waals surface area contributed by atoms with E-state index in [1.165, 1.54) is 0 Å². The number of hydrogen-bond donors (Lipinski definition) is 0. The fraction of sp³-hybridized carbons (Fsp3) is 0.167. The van der Waals surface area contributed by atoms with Gasteiger partial charge in [0, 0.05) is 7.05 Å². The molecule has 2 heterocycles. The van der Waals surface area contributed by atoms with E-state index in [1.807, 2.05) is 24.3 Å². The highest BCUT2D eigenvalue weighted by atomic mass is 32.1. The zero-order valence-corrected chi connectivity index (χ0v) is 14.8. The fourth-order valence-corrected chi connectivity index (χ4v) is 3.68. The highest BCUT2D eigenvalue weighted by Gasteiger charge is 2.15. The van der Waals surface area contributed by atoms with Gasteiger partial charge in [-0.25, -0.2) is 9.67 Å². The van der Waals surface area contributed by atoms with E-state index in [0.717, 1.165) is 19.9 Å². The van der Waals surface area contributed by atoms with E-state index in [4.69, 9.17) is 0 Å². The Kier molecular flexibility index (Phi) is 4.18. The van der Waals surface area contributed by atoms with Gasteiger partial charge in [0.05, 0.1) is 22.1 Å². The van der Waals surface area contributed by atoms with Gasteiger partial charge in [-0.05, 0) is 24.3 Å². The molecule has 0 aliphatic heterocycles. The average Bonchev–Trinajstić information content (AvgIpc) is 3.06. The van der Waals surface area contributed by atoms with Gasteiger partial charge in [-0.2, -0.15) is 0 Å². The summed E-state index contributed by atoms with van der Waals surface area (Å²) in [5.74, 6) is -0.226. The molecule has 0 unspecified atom stereocenters. The summed E-state index contributed by atoms with van der Waals surface area (Å²) in [5, 5.41) is 9.16. The molecule has 0 atom stereocenters. The zero-order chi connectivity index (χ0) is 18.1. The second kappa shape index (κ2) is 6.64. The third kappa shape index (κ3) is 3.06. The Morgan fingerprint density at radius 1 is 1.12 bits per heavy atom. The van der Waals surface area contributed by atoms with Gasteiger partial charge in [-0.3, -0.25) is 9.59 Å². The summed E-state index contributed by atoms with van der Waals surface area (Å²) in [7, 11) is 1.69. The van der Waals surface area contributed by atoms with E-state index in [2.05, 4.69) is 15.3 Å². The standard InChI is InChI=1S/C18H15N5O2S/c1-22(10-16-19-14-8-4-5-9-15(14)26-16)17(24)11-23-18(25)12-6-2-3-7-13(12)20-21-23/h2-9H,10-11H2,1H3. The predicted molar refractivity (Wildman–Crippen MR) is 99.9 cm³/mol. The number of aromatic nitrogens is 4. The summed E-state index contributed by atoms with van der Waals surface area (Å²) < 4.78 is 2.18. The first kappa shape index (κ1) is 16.3. The summed E-state index contributed by atoms with van der Waals surface area (Å²) in [4.78, 5) is 31.0. The second-order valence-electron chi connectivity index (χ2n) is 5.89. The summed E-state index contributed by atoms with van der Waals surface area (Å²) >= 11 is 1.55. The molecule has 0 saturated heterocycles. The van der Waals surface area contributed by atoms with Crippen LogP contribution in [0, 0.1) is 0 Å². The molecule has 0 spiro atoms. The maximum absolute atomic E-state index is 12.5. The lowest BCUT2D eigenvalue weighted by Gasteiger charge is -2.15. The van der Waals surface area contributed by atoms with Crippen LogP contribution in [0.2, 0.25) is 0 Å². The topological polar surface area (TPSA) is 81.0 Å². The van der Waals surface area contributed by atoms with Crippen molar-refractivity contribution in [3.05, 3.63) is 63.9 Å². The second-order valence-corrected chi connectivity index (χ2v) is 7.01. The van der Waals surface area contributed by atoms with Crippen molar-refractivity contribution >= 4 is 38.4 Å². The van der Waals surface area contributed by atoms with E-state index < -0.39 is 0 Å². The quantitative estimate of drug-likeness (QED) is 0.553. The van der Waals surface area contributed by atoms with Gasteiger partial charge in [0.15, 0.2) is 0 Å². The first-order valence-corrected chi connectivity index (χ1v) is 8.84. The van der Waals surface area contributed by atoms with Crippen LogP contribution in [0.3, 0.4) is 0 Å². The molecule has 0 aliphatic carbocycles. The Bertz CT molecular complexity index is 1130. The molecule has 0 radical (unpaired) electrons. The van der Waals surface area contributed by atoms with Crippen molar-refractivity contribution < 1.29 is 4.79 Å². The van der Waals surface area contributed by atoms with Crippen LogP contribution in [-0.2, 0) is 17.9 Å². The first-order chi connectivity index (χ1) is 12.6. The Morgan fingerprint density at radius 3 is 2.65 bits per heavy atom. The lowest BCUT2D eigenvalue weighted by molar-refractivity contribution is -0.131. The zero-order valence-electron chi connectivity index (χ0n) is 14.0. The van der Waals surface area contributed by atoms with Gasteiger partial charge in [-0.1, -0.05) is 29.5 Å². The number of hydrogen-bond acceptors (Lipinski definition) is 6. The Hall–Kier alpha value is -3.13. The minimum Gasteiger partial charge on any atom is -0.337 e. The molecule has 0 aliphatic rings. The number of nitrogens with zero attached hydrogens (tertiary/aromatic N) is 5. The molecule has 4 rings (SSSR count). The van der Waals surface area contributed by atoms with Crippen molar-refractivity contribution in [3.8, 4) is 0 Å². The van der Waals surface area contributed by atoms with Crippen LogP contribution < -0.4 is 5.56 Å². The van der Waals surface area contributed by atoms with Gasteiger partial charge in [0.25, 0.3) is 5.56 Å². The van der Waals surface area contributed by atoms with Crippen LogP contribution in [0.1, 0.15) is 5.01 Å². The molecule has 0 fully saturated rings. The molecule has 0 saturated carbocycles. The smallest absolute Gasteiger partial charge is 0.278 e. The van der Waals surface area contributed by atoms with Crippen molar-refractivity contribution in [1.29, 1.82) is 0 Å². The molecule has 1 amide bonds. The maximum atomic E-state index is 12.5. The molecule has 0 bridgehead atoms. The van der Waals surface area contributed by atoms with Gasteiger partial charge >= 0.3 is 0 Å². The third-order valence-corrected chi connectivity index (χ3v) is 5.07. The number of para-hydroxylation sites is 1. The number of likely N-dealkylation sites (N-methyl/N-ethyl adjacent to an activating group) is 1. The number of amides is 1. The van der Waals surface area contributed by atoms with E-state index in [-0.39, 0.29) is 18.0 Å². The number of thiazole rings is 1. The molecular weight excluding hydrogens is 350 g/mol. The van der Waals surface area contributed by atoms with Gasteiger partial charge < -0.3 is 4.90 Å². The highest BCUT2D eigenvalue weighted by molar-refractivity contribution is 7.18. The van der Waals surface area contributed by atoms with E-state index in [9.17, 15) is 9.59 Å². The predicted octanol–water partition coefficient (Wildman–Crippen LogP) is 2.06. The lowest BCUT2D eigenvalue weighted by atomic mass is 10.2. The average molecular weight is 365 g/mol. The van der Waals surface area contributed by atoms with E-state index in [1.54, 1.807) is 47.5 Å². The third-order valence-electron chi connectivity index (χ3n) is 4.05. The van der Waals surface area contributed by atoms with Gasteiger partial charge in [0.2, 0.25) is 5.91 Å². The molecule has 2 aromatic carbocycles. The largest absolute Gasteiger partial charge is 0.337 e. The summed E-state index contributed by atoms with van der Waals surface area (Å²) in [6, 6.07) is 14.8. The van der Waals surface area contributed by atoms with Gasteiger partial charge in [-0.15, -0.1) is 16.4 Å². The number of benzene rings is 2. The first-order valence-electron chi connectivity index (χ1n) is 8.03. The van der Waals surface area contributed by atoms with Crippen molar-refractivity contribution in [3.63, 3.8) is 0 Å². The number of rotatable bonds is 4. The van der Waals surface area contributed by atoms with Crippen molar-refractivity contribution in [1.82, 2.24) is 24.9 Å². The minimum atomic E-state index is -0.322. The SMILES string of the molecule is CN(Cc1nc2ccccc2s1)C(=O)Cn1nnc2ccccc2c1=O. The molecule has 4 aromatic rings.